The monoisotopic (exact) mass is 447 g/mol. The number of H-pyrrole nitrogens is 1. The van der Waals surface area contributed by atoms with Gasteiger partial charge in [-0.05, 0) is 30.7 Å². The molecule has 0 aliphatic carbocycles. The molecule has 0 fully saturated rings. The normalized spacial score (nSPS) is 10.4. The lowest BCUT2D eigenvalue weighted by Gasteiger charge is -2.10. The Morgan fingerprint density at radius 2 is 1.87 bits per heavy atom. The van der Waals surface area contributed by atoms with Crippen molar-refractivity contribution >= 4 is 34.6 Å². The van der Waals surface area contributed by atoms with Gasteiger partial charge in [-0.25, -0.2) is 0 Å². The number of nitrogens with one attached hydrogen (secondary N) is 2. The Morgan fingerprint density at radius 3 is 2.48 bits per heavy atom. The molecule has 31 heavy (non-hydrogen) atoms. The maximum Gasteiger partial charge on any atom is 0.362 e. The van der Waals surface area contributed by atoms with Crippen molar-refractivity contribution in [3.8, 4) is 17.4 Å². The number of amides is 1. The Labute approximate surface area is 179 Å². The summed E-state index contributed by atoms with van der Waals surface area (Å²) in [6.07, 6.45) is 0. The summed E-state index contributed by atoms with van der Waals surface area (Å²) in [6.45, 7) is 1.76. The zero-order valence-electron chi connectivity index (χ0n) is 16.0. The number of hydrogen-bond acceptors (Lipinski definition) is 8. The van der Waals surface area contributed by atoms with Crippen LogP contribution in [0.5, 0.6) is 17.4 Å². The SMILES string of the molecule is COc1n[nH]c(C(=O)Nc2cc(Oc3ccc(Cl)c(C)c3)cc([N+](=O)[O-])c2)c1[N+](=O)[O-]. The van der Waals surface area contributed by atoms with Gasteiger partial charge in [-0.1, -0.05) is 11.6 Å². The lowest BCUT2D eigenvalue weighted by atomic mass is 10.2. The molecule has 0 aliphatic rings. The second kappa shape index (κ2) is 8.67. The number of carbonyl (C=O) groups excluding carboxylic acids is 1. The summed E-state index contributed by atoms with van der Waals surface area (Å²) in [4.78, 5) is 33.6. The molecule has 2 aromatic carbocycles. The highest BCUT2D eigenvalue weighted by Gasteiger charge is 2.30. The summed E-state index contributed by atoms with van der Waals surface area (Å²) >= 11 is 5.98. The molecule has 1 aromatic heterocycles. The van der Waals surface area contributed by atoms with Crippen molar-refractivity contribution in [1.29, 1.82) is 0 Å². The summed E-state index contributed by atoms with van der Waals surface area (Å²) in [5, 5.41) is 31.2. The molecule has 12 nitrogen and oxygen atoms in total. The molecule has 0 bridgehead atoms. The summed E-state index contributed by atoms with van der Waals surface area (Å²) in [6, 6.07) is 8.40. The molecule has 3 rings (SSSR count). The third kappa shape index (κ3) is 4.70. The summed E-state index contributed by atoms with van der Waals surface area (Å²) in [5.41, 5.74) is -0.806. The number of non-ortho nitro benzene ring substituents is 1. The summed E-state index contributed by atoms with van der Waals surface area (Å²) in [5.74, 6) is -0.899. The fraction of sp³-hybridized carbons (Fsp3) is 0.111. The van der Waals surface area contributed by atoms with Crippen LogP contribution in [0.1, 0.15) is 16.1 Å². The van der Waals surface area contributed by atoms with Gasteiger partial charge in [0.15, 0.2) is 0 Å². The van der Waals surface area contributed by atoms with Crippen LogP contribution in [-0.4, -0.2) is 33.1 Å². The van der Waals surface area contributed by atoms with E-state index in [1.807, 2.05) is 0 Å². The van der Waals surface area contributed by atoms with Gasteiger partial charge in [-0.15, -0.1) is 5.10 Å². The van der Waals surface area contributed by atoms with Crippen LogP contribution in [0.2, 0.25) is 5.02 Å². The van der Waals surface area contributed by atoms with Gasteiger partial charge in [0.05, 0.1) is 28.7 Å². The van der Waals surface area contributed by atoms with Gasteiger partial charge in [0.1, 0.15) is 11.5 Å². The Hall–Kier alpha value is -4.19. The number of hydrogen-bond donors (Lipinski definition) is 2. The first-order valence-corrected chi connectivity index (χ1v) is 8.89. The minimum absolute atomic E-state index is 0.0252. The molecule has 2 N–H and O–H groups in total. The zero-order valence-corrected chi connectivity index (χ0v) is 16.8. The van der Waals surface area contributed by atoms with Gasteiger partial charge in [0.25, 0.3) is 11.6 Å². The first-order valence-electron chi connectivity index (χ1n) is 8.51. The molecule has 3 aromatic rings. The van der Waals surface area contributed by atoms with Gasteiger partial charge in [0.2, 0.25) is 5.69 Å². The highest BCUT2D eigenvalue weighted by molar-refractivity contribution is 6.31. The third-order valence-electron chi connectivity index (χ3n) is 4.04. The number of methoxy groups -OCH3 is 1. The molecule has 0 unspecified atom stereocenters. The molecular weight excluding hydrogens is 434 g/mol. The van der Waals surface area contributed by atoms with Crippen molar-refractivity contribution in [2.45, 2.75) is 6.92 Å². The number of carbonyl (C=O) groups is 1. The Morgan fingerprint density at radius 1 is 1.13 bits per heavy atom. The average molecular weight is 448 g/mol. The number of aromatic amines is 1. The van der Waals surface area contributed by atoms with Crippen molar-refractivity contribution in [2.24, 2.45) is 0 Å². The smallest absolute Gasteiger partial charge is 0.362 e. The van der Waals surface area contributed by atoms with Crippen molar-refractivity contribution < 1.29 is 24.1 Å². The maximum atomic E-state index is 12.5. The summed E-state index contributed by atoms with van der Waals surface area (Å²) in [7, 11) is 1.16. The van der Waals surface area contributed by atoms with E-state index in [1.54, 1.807) is 25.1 Å². The molecule has 0 atom stereocenters. The number of aromatic nitrogens is 2. The van der Waals surface area contributed by atoms with Crippen LogP contribution < -0.4 is 14.8 Å². The highest BCUT2D eigenvalue weighted by atomic mass is 35.5. The number of nitro groups is 2. The van der Waals surface area contributed by atoms with Gasteiger partial charge < -0.3 is 14.8 Å². The highest BCUT2D eigenvalue weighted by Crippen LogP contribution is 2.32. The number of anilines is 1. The van der Waals surface area contributed by atoms with Gasteiger partial charge >= 0.3 is 11.6 Å². The van der Waals surface area contributed by atoms with Crippen molar-refractivity contribution in [1.82, 2.24) is 10.2 Å². The number of nitro benzene ring substituents is 1. The van der Waals surface area contributed by atoms with E-state index in [9.17, 15) is 25.0 Å². The molecule has 13 heteroatoms. The van der Waals surface area contributed by atoms with Gasteiger partial charge in [-0.3, -0.25) is 30.1 Å². The van der Waals surface area contributed by atoms with Crippen LogP contribution in [0, 0.1) is 27.2 Å². The molecule has 0 saturated heterocycles. The second-order valence-corrected chi connectivity index (χ2v) is 6.56. The molecular formula is C18H14ClN5O7. The van der Waals surface area contributed by atoms with Crippen molar-refractivity contribution in [2.75, 3.05) is 12.4 Å². The third-order valence-corrected chi connectivity index (χ3v) is 4.46. The molecule has 1 amide bonds. The Kier molecular flexibility index (Phi) is 6.02. The lowest BCUT2D eigenvalue weighted by Crippen LogP contribution is -2.14. The largest absolute Gasteiger partial charge is 0.475 e. The topological polar surface area (TPSA) is 163 Å². The average Bonchev–Trinajstić information content (AvgIpc) is 3.15. The number of halogens is 1. The lowest BCUT2D eigenvalue weighted by molar-refractivity contribution is -0.386. The molecule has 0 radical (unpaired) electrons. The molecule has 160 valence electrons. The predicted molar refractivity (Wildman–Crippen MR) is 109 cm³/mol. The van der Waals surface area contributed by atoms with Crippen LogP contribution in [0.3, 0.4) is 0 Å². The van der Waals surface area contributed by atoms with Crippen LogP contribution in [0.4, 0.5) is 17.1 Å². The minimum atomic E-state index is -0.948. The number of benzene rings is 2. The number of ether oxygens (including phenoxy) is 2. The predicted octanol–water partition coefficient (Wildman–Crippen LogP) is 4.24. The number of nitrogens with zero attached hydrogens (tertiary/aromatic N) is 3. The van der Waals surface area contributed by atoms with Crippen LogP contribution in [-0.2, 0) is 0 Å². The van der Waals surface area contributed by atoms with Gasteiger partial charge in [-0.2, -0.15) is 0 Å². The van der Waals surface area contributed by atoms with Gasteiger partial charge in [0, 0.05) is 17.2 Å². The minimum Gasteiger partial charge on any atom is -0.475 e. The van der Waals surface area contributed by atoms with E-state index in [0.29, 0.717) is 10.8 Å². The van der Waals surface area contributed by atoms with E-state index in [1.165, 1.54) is 12.1 Å². The maximum absolute atomic E-state index is 12.5. The molecule has 0 spiro atoms. The number of aryl methyl sites for hydroxylation is 1. The zero-order chi connectivity index (χ0) is 22.7. The Balaban J connectivity index is 1.93. The quantitative estimate of drug-likeness (QED) is 0.401. The second-order valence-electron chi connectivity index (χ2n) is 6.15. The van der Waals surface area contributed by atoms with E-state index in [4.69, 9.17) is 21.1 Å². The van der Waals surface area contributed by atoms with Crippen LogP contribution in [0.15, 0.2) is 36.4 Å². The van der Waals surface area contributed by atoms with E-state index < -0.39 is 27.1 Å². The molecule has 0 saturated carbocycles. The first kappa shape index (κ1) is 21.5. The molecule has 0 aliphatic heterocycles. The van der Waals surface area contributed by atoms with E-state index in [2.05, 4.69) is 15.5 Å². The van der Waals surface area contributed by atoms with E-state index in [0.717, 1.165) is 18.7 Å². The first-order chi connectivity index (χ1) is 14.7. The summed E-state index contributed by atoms with van der Waals surface area (Å²) < 4.78 is 10.4. The molecule has 1 heterocycles. The fourth-order valence-electron chi connectivity index (χ4n) is 2.62. The van der Waals surface area contributed by atoms with Crippen molar-refractivity contribution in [3.05, 3.63) is 72.9 Å². The van der Waals surface area contributed by atoms with E-state index >= 15 is 0 Å². The number of rotatable bonds is 7. The van der Waals surface area contributed by atoms with Crippen LogP contribution >= 0.6 is 11.6 Å². The van der Waals surface area contributed by atoms with Crippen LogP contribution in [0.25, 0.3) is 0 Å². The Bertz CT molecular complexity index is 1190. The van der Waals surface area contributed by atoms with Crippen molar-refractivity contribution in [3.63, 3.8) is 0 Å². The fourth-order valence-corrected chi connectivity index (χ4v) is 2.74. The van der Waals surface area contributed by atoms with E-state index in [-0.39, 0.29) is 23.0 Å². The standard InChI is InChI=1S/C18H14ClN5O7/c1-9-5-12(3-4-14(9)19)31-13-7-10(6-11(8-13)23(26)27)20-17(25)15-16(24(28)29)18(30-2)22-21-15/h3-8H,1-2H3,(H,20,25)(H,21,22).